The predicted molar refractivity (Wildman–Crippen MR) is 79.3 cm³/mol. The summed E-state index contributed by atoms with van der Waals surface area (Å²) in [5.41, 5.74) is 1.82. The molecule has 4 heteroatoms. The number of hydrogen-bond donors (Lipinski definition) is 0. The zero-order chi connectivity index (χ0) is 14.4. The van der Waals surface area contributed by atoms with Crippen LogP contribution in [0.25, 0.3) is 0 Å². The number of rotatable bonds is 6. The van der Waals surface area contributed by atoms with Crippen molar-refractivity contribution in [2.24, 2.45) is 0 Å². The van der Waals surface area contributed by atoms with Gasteiger partial charge in [0.15, 0.2) is 12.1 Å². The van der Waals surface area contributed by atoms with E-state index in [1.807, 2.05) is 38.1 Å². The third kappa shape index (κ3) is 3.58. The summed E-state index contributed by atoms with van der Waals surface area (Å²) in [6.45, 7) is 6.70. The predicted octanol–water partition coefficient (Wildman–Crippen LogP) is 2.87. The van der Waals surface area contributed by atoms with E-state index < -0.39 is 0 Å². The minimum atomic E-state index is -0.244. The number of hydrogen-bond acceptors (Lipinski definition) is 4. The second kappa shape index (κ2) is 7.41. The summed E-state index contributed by atoms with van der Waals surface area (Å²) in [6, 6.07) is 7.81. The fourth-order valence-corrected chi connectivity index (χ4v) is 2.57. The molecule has 1 heterocycles. The number of Topliss-reactive ketones (excluding diaryl/α,β-unsaturated/α-hetero) is 1. The van der Waals surface area contributed by atoms with Gasteiger partial charge in [-0.05, 0) is 32.4 Å². The number of anilines is 1. The summed E-state index contributed by atoms with van der Waals surface area (Å²) in [6.07, 6.45) is 1.24. The Morgan fingerprint density at radius 3 is 2.60 bits per heavy atom. The first-order valence-electron chi connectivity index (χ1n) is 7.36. The van der Waals surface area contributed by atoms with Crippen molar-refractivity contribution in [1.82, 2.24) is 0 Å². The molecule has 0 aliphatic carbocycles. The molecule has 1 aliphatic heterocycles. The lowest BCUT2D eigenvalue weighted by Gasteiger charge is -2.28. The largest absolute Gasteiger partial charge is 0.366 e. The minimum absolute atomic E-state index is 0.229. The molecule has 1 aliphatic rings. The van der Waals surface area contributed by atoms with Crippen LogP contribution in [0.15, 0.2) is 24.3 Å². The second-order valence-electron chi connectivity index (χ2n) is 4.83. The number of carbonyl (C=O) groups excluding carboxylic acids is 1. The van der Waals surface area contributed by atoms with E-state index >= 15 is 0 Å². The Morgan fingerprint density at radius 2 is 1.90 bits per heavy atom. The van der Waals surface area contributed by atoms with Crippen LogP contribution in [0.2, 0.25) is 0 Å². The number of para-hydroxylation sites is 1. The molecule has 1 aromatic carbocycles. The first-order chi connectivity index (χ1) is 9.76. The average molecular weight is 277 g/mol. The summed E-state index contributed by atoms with van der Waals surface area (Å²) in [5.74, 6) is 0.229. The van der Waals surface area contributed by atoms with Gasteiger partial charge in [0.2, 0.25) is 0 Å². The molecule has 4 nitrogen and oxygen atoms in total. The van der Waals surface area contributed by atoms with Gasteiger partial charge in [-0.15, -0.1) is 0 Å². The second-order valence-corrected chi connectivity index (χ2v) is 4.83. The maximum atomic E-state index is 12.1. The van der Waals surface area contributed by atoms with Crippen molar-refractivity contribution in [2.45, 2.75) is 33.0 Å². The molecule has 0 saturated carbocycles. The van der Waals surface area contributed by atoms with E-state index in [0.29, 0.717) is 26.2 Å². The molecular weight excluding hydrogens is 254 g/mol. The highest BCUT2D eigenvalue weighted by Gasteiger charge is 2.23. The van der Waals surface area contributed by atoms with E-state index in [1.165, 1.54) is 0 Å². The normalized spacial score (nSPS) is 15.3. The Bertz CT molecular complexity index is 441. The van der Waals surface area contributed by atoms with Crippen LogP contribution in [-0.4, -0.2) is 38.4 Å². The van der Waals surface area contributed by atoms with E-state index in [-0.39, 0.29) is 12.1 Å². The van der Waals surface area contributed by atoms with E-state index in [2.05, 4.69) is 4.90 Å². The van der Waals surface area contributed by atoms with Crippen LogP contribution < -0.4 is 4.90 Å². The van der Waals surface area contributed by atoms with Crippen LogP contribution in [0.3, 0.4) is 0 Å². The lowest BCUT2D eigenvalue weighted by atomic mass is 10.1. The van der Waals surface area contributed by atoms with E-state index in [4.69, 9.17) is 9.47 Å². The zero-order valence-electron chi connectivity index (χ0n) is 12.3. The van der Waals surface area contributed by atoms with Crippen molar-refractivity contribution in [3.8, 4) is 0 Å². The SMILES string of the molecule is CCOC(CN1CCCC(=O)c2ccccc21)OCC. The molecule has 0 atom stereocenters. The van der Waals surface area contributed by atoms with Crippen molar-refractivity contribution in [3.63, 3.8) is 0 Å². The topological polar surface area (TPSA) is 38.8 Å². The Kier molecular flexibility index (Phi) is 5.56. The minimum Gasteiger partial charge on any atom is -0.366 e. The Labute approximate surface area is 120 Å². The summed E-state index contributed by atoms with van der Waals surface area (Å²) in [7, 11) is 0. The van der Waals surface area contributed by atoms with E-state index in [1.54, 1.807) is 0 Å². The number of ketones is 1. The quantitative estimate of drug-likeness (QED) is 0.749. The third-order valence-electron chi connectivity index (χ3n) is 3.45. The Morgan fingerprint density at radius 1 is 1.20 bits per heavy atom. The highest BCUT2D eigenvalue weighted by atomic mass is 16.7. The fourth-order valence-electron chi connectivity index (χ4n) is 2.57. The first kappa shape index (κ1) is 15.0. The zero-order valence-corrected chi connectivity index (χ0v) is 12.3. The van der Waals surface area contributed by atoms with Crippen LogP contribution >= 0.6 is 0 Å². The van der Waals surface area contributed by atoms with Crippen LogP contribution in [0.5, 0.6) is 0 Å². The number of benzene rings is 1. The standard InChI is InChI=1S/C16H23NO3/c1-3-19-16(20-4-2)12-17-11-7-10-15(18)13-8-5-6-9-14(13)17/h5-6,8-9,16H,3-4,7,10-12H2,1-2H3. The van der Waals surface area contributed by atoms with Gasteiger partial charge in [0.1, 0.15) is 0 Å². The molecule has 0 N–H and O–H groups in total. The van der Waals surface area contributed by atoms with Gasteiger partial charge >= 0.3 is 0 Å². The van der Waals surface area contributed by atoms with Crippen molar-refractivity contribution < 1.29 is 14.3 Å². The molecular formula is C16H23NO3. The van der Waals surface area contributed by atoms with Gasteiger partial charge in [0, 0.05) is 37.4 Å². The molecule has 0 saturated heterocycles. The number of carbonyl (C=O) groups is 1. The molecule has 20 heavy (non-hydrogen) atoms. The lowest BCUT2D eigenvalue weighted by molar-refractivity contribution is -0.129. The van der Waals surface area contributed by atoms with Crippen LogP contribution in [-0.2, 0) is 9.47 Å². The summed E-state index contributed by atoms with van der Waals surface area (Å²) >= 11 is 0. The van der Waals surface area contributed by atoms with Gasteiger partial charge in [0.05, 0.1) is 6.54 Å². The van der Waals surface area contributed by atoms with Crippen molar-refractivity contribution >= 4 is 11.5 Å². The highest BCUT2D eigenvalue weighted by Crippen LogP contribution is 2.26. The van der Waals surface area contributed by atoms with Gasteiger partial charge in [-0.1, -0.05) is 12.1 Å². The van der Waals surface area contributed by atoms with Crippen LogP contribution in [0, 0.1) is 0 Å². The van der Waals surface area contributed by atoms with E-state index in [9.17, 15) is 4.79 Å². The summed E-state index contributed by atoms with van der Waals surface area (Å²) in [4.78, 5) is 14.3. The van der Waals surface area contributed by atoms with Gasteiger partial charge in [-0.25, -0.2) is 0 Å². The number of nitrogens with zero attached hydrogens (tertiary/aromatic N) is 1. The maximum absolute atomic E-state index is 12.1. The Balaban J connectivity index is 2.18. The molecule has 110 valence electrons. The maximum Gasteiger partial charge on any atom is 0.174 e. The van der Waals surface area contributed by atoms with Crippen molar-refractivity contribution in [1.29, 1.82) is 0 Å². The average Bonchev–Trinajstić information content (AvgIpc) is 2.60. The van der Waals surface area contributed by atoms with Gasteiger partial charge in [-0.3, -0.25) is 4.79 Å². The molecule has 0 bridgehead atoms. The molecule has 0 unspecified atom stereocenters. The Hall–Kier alpha value is -1.39. The lowest BCUT2D eigenvalue weighted by Crippen LogP contribution is -2.36. The van der Waals surface area contributed by atoms with Gasteiger partial charge < -0.3 is 14.4 Å². The molecule has 0 radical (unpaired) electrons. The van der Waals surface area contributed by atoms with Gasteiger partial charge in [0.25, 0.3) is 0 Å². The first-order valence-corrected chi connectivity index (χ1v) is 7.36. The van der Waals surface area contributed by atoms with Crippen molar-refractivity contribution in [2.75, 3.05) is 31.2 Å². The molecule has 0 spiro atoms. The molecule has 0 fully saturated rings. The highest BCUT2D eigenvalue weighted by molar-refractivity contribution is 6.01. The third-order valence-corrected chi connectivity index (χ3v) is 3.45. The van der Waals surface area contributed by atoms with Crippen LogP contribution in [0.1, 0.15) is 37.0 Å². The smallest absolute Gasteiger partial charge is 0.174 e. The number of ether oxygens (including phenoxy) is 2. The van der Waals surface area contributed by atoms with Crippen molar-refractivity contribution in [3.05, 3.63) is 29.8 Å². The summed E-state index contributed by atoms with van der Waals surface area (Å²) < 4.78 is 11.2. The molecule has 2 rings (SSSR count). The molecule has 0 aromatic heterocycles. The monoisotopic (exact) mass is 277 g/mol. The molecule has 1 aromatic rings. The van der Waals surface area contributed by atoms with E-state index in [0.717, 1.165) is 24.2 Å². The summed E-state index contributed by atoms with van der Waals surface area (Å²) in [5, 5.41) is 0. The van der Waals surface area contributed by atoms with Crippen LogP contribution in [0.4, 0.5) is 5.69 Å². The van der Waals surface area contributed by atoms with Gasteiger partial charge in [-0.2, -0.15) is 0 Å². The number of fused-ring (bicyclic) bond motifs is 1. The fraction of sp³-hybridized carbons (Fsp3) is 0.562. The molecule has 0 amide bonds.